The van der Waals surface area contributed by atoms with E-state index in [1.54, 1.807) is 0 Å². The Morgan fingerprint density at radius 2 is 1.47 bits per heavy atom. The molecule has 4 aliphatic carbocycles. The molecule has 0 aromatic carbocycles. The number of rotatable bonds is 2. The van der Waals surface area contributed by atoms with Crippen LogP contribution in [0.4, 0.5) is 0 Å². The number of hydrogen-bond acceptors (Lipinski definition) is 3. The smallest absolute Gasteiger partial charge is 0.192 e. The SMILES string of the molecule is CC1(C)[C@@H](O[Si](C)(C)C(C)(C)C)CC[C@@]2(C)[C@H]1CC(=O)[C@]1(C)[C@H]2CC[C@@]2(C)C(=O)CC[C@@H]12. The average molecular weight is 461 g/mol. The Kier molecular flexibility index (Phi) is 5.41. The third-order valence-corrected chi connectivity index (χ3v) is 16.5. The number of ketones is 2. The molecule has 4 heteroatoms. The van der Waals surface area contributed by atoms with Crippen molar-refractivity contribution in [2.45, 2.75) is 125 Å². The zero-order valence-electron chi connectivity index (χ0n) is 22.5. The van der Waals surface area contributed by atoms with Crippen LogP contribution in [-0.2, 0) is 14.0 Å². The molecule has 0 bridgehead atoms. The van der Waals surface area contributed by atoms with Crippen LogP contribution < -0.4 is 0 Å². The molecule has 32 heavy (non-hydrogen) atoms. The summed E-state index contributed by atoms with van der Waals surface area (Å²) >= 11 is 0. The zero-order valence-corrected chi connectivity index (χ0v) is 23.5. The molecular formula is C28H48O3Si. The fraction of sp³-hybridized carbons (Fsp3) is 0.929. The third-order valence-electron chi connectivity index (χ3n) is 12.0. The Labute approximate surface area is 198 Å². The Hall–Kier alpha value is -0.483. The third kappa shape index (κ3) is 3.06. The van der Waals surface area contributed by atoms with E-state index >= 15 is 0 Å². The number of carbonyl (C=O) groups is 2. The van der Waals surface area contributed by atoms with Crippen molar-refractivity contribution in [2.24, 2.45) is 39.4 Å². The van der Waals surface area contributed by atoms with Gasteiger partial charge >= 0.3 is 0 Å². The predicted octanol–water partition coefficient (Wildman–Crippen LogP) is 7.19. The molecule has 182 valence electrons. The maximum atomic E-state index is 14.0. The van der Waals surface area contributed by atoms with E-state index in [1.807, 2.05) is 0 Å². The van der Waals surface area contributed by atoms with Gasteiger partial charge in [0.25, 0.3) is 0 Å². The fourth-order valence-corrected chi connectivity index (χ4v) is 10.4. The monoisotopic (exact) mass is 460 g/mol. The van der Waals surface area contributed by atoms with Crippen molar-refractivity contribution < 1.29 is 14.0 Å². The van der Waals surface area contributed by atoms with Crippen LogP contribution in [-0.4, -0.2) is 26.0 Å². The van der Waals surface area contributed by atoms with Crippen molar-refractivity contribution in [3.63, 3.8) is 0 Å². The van der Waals surface area contributed by atoms with Crippen molar-refractivity contribution in [3.8, 4) is 0 Å². The van der Waals surface area contributed by atoms with E-state index in [1.165, 1.54) is 0 Å². The Balaban J connectivity index is 1.69. The van der Waals surface area contributed by atoms with E-state index in [0.29, 0.717) is 36.2 Å². The van der Waals surface area contributed by atoms with E-state index in [9.17, 15) is 9.59 Å². The van der Waals surface area contributed by atoms with Crippen LogP contribution in [0.2, 0.25) is 18.1 Å². The molecule has 4 aliphatic rings. The van der Waals surface area contributed by atoms with Gasteiger partial charge in [-0.2, -0.15) is 0 Å². The lowest BCUT2D eigenvalue weighted by Gasteiger charge is -2.67. The lowest BCUT2D eigenvalue weighted by atomic mass is 9.37. The standard InChI is InChI=1S/C28H48O3Si/c1-24(2,3)32(9,10)31-23-14-16-26(6)19-13-15-27(7)18(11-12-21(27)29)28(19,8)22(30)17-20(26)25(23,4)5/h18-20,23H,11-17H2,1-10H3/t18-,19+,20+,23+,26-,27-,28+/m1/s1. The number of fused-ring (bicyclic) bond motifs is 5. The summed E-state index contributed by atoms with van der Waals surface area (Å²) in [6.45, 7) is 23.4. The van der Waals surface area contributed by atoms with Crippen LogP contribution >= 0.6 is 0 Å². The van der Waals surface area contributed by atoms with Gasteiger partial charge in [-0.05, 0) is 78.8 Å². The molecule has 0 aromatic rings. The lowest BCUT2D eigenvalue weighted by Crippen LogP contribution is -2.66. The van der Waals surface area contributed by atoms with Gasteiger partial charge in [0, 0.05) is 23.7 Å². The summed E-state index contributed by atoms with van der Waals surface area (Å²) in [6.07, 6.45) is 6.70. The molecule has 0 N–H and O–H groups in total. The molecule has 0 aliphatic heterocycles. The topological polar surface area (TPSA) is 43.4 Å². The maximum absolute atomic E-state index is 14.0. The molecular weight excluding hydrogens is 412 g/mol. The zero-order chi connectivity index (χ0) is 24.1. The molecule has 7 atom stereocenters. The molecule has 0 heterocycles. The van der Waals surface area contributed by atoms with Crippen LogP contribution in [0.1, 0.15) is 100 Å². The molecule has 0 amide bonds. The molecule has 4 saturated carbocycles. The number of Topliss-reactive ketones (excluding diaryl/α,β-unsaturated/α-hetero) is 2. The summed E-state index contributed by atoms with van der Waals surface area (Å²) in [5.41, 5.74) is -0.492. The maximum Gasteiger partial charge on any atom is 0.192 e. The first kappa shape index (κ1) is 24.6. The summed E-state index contributed by atoms with van der Waals surface area (Å²) in [6, 6.07) is 0. The highest BCUT2D eigenvalue weighted by atomic mass is 28.4. The molecule has 0 spiro atoms. The molecule has 0 saturated heterocycles. The Morgan fingerprint density at radius 1 is 0.844 bits per heavy atom. The van der Waals surface area contributed by atoms with Gasteiger partial charge in [-0.3, -0.25) is 9.59 Å². The second kappa shape index (κ2) is 7.03. The van der Waals surface area contributed by atoms with Gasteiger partial charge in [-0.25, -0.2) is 0 Å². The van der Waals surface area contributed by atoms with Crippen molar-refractivity contribution in [1.29, 1.82) is 0 Å². The molecule has 0 radical (unpaired) electrons. The van der Waals surface area contributed by atoms with Crippen molar-refractivity contribution in [2.75, 3.05) is 0 Å². The summed E-state index contributed by atoms with van der Waals surface area (Å²) in [5, 5.41) is 0.188. The first-order valence-corrected chi connectivity index (χ1v) is 16.1. The second-order valence-electron chi connectivity index (χ2n) is 14.7. The highest BCUT2D eigenvalue weighted by Gasteiger charge is 2.70. The quantitative estimate of drug-likeness (QED) is 0.409. The van der Waals surface area contributed by atoms with Gasteiger partial charge in [0.1, 0.15) is 11.6 Å². The van der Waals surface area contributed by atoms with E-state index in [0.717, 1.165) is 32.1 Å². The Bertz CT molecular complexity index is 823. The van der Waals surface area contributed by atoms with Gasteiger partial charge in [0.2, 0.25) is 0 Å². The van der Waals surface area contributed by atoms with Crippen LogP contribution in [0.15, 0.2) is 0 Å². The van der Waals surface area contributed by atoms with Gasteiger partial charge in [0.05, 0.1) is 6.10 Å². The van der Waals surface area contributed by atoms with Crippen molar-refractivity contribution in [1.82, 2.24) is 0 Å². The molecule has 0 aromatic heterocycles. The minimum atomic E-state index is -1.89. The summed E-state index contributed by atoms with van der Waals surface area (Å²) in [7, 11) is -1.89. The van der Waals surface area contributed by atoms with E-state index in [4.69, 9.17) is 4.43 Å². The highest BCUT2D eigenvalue weighted by Crippen LogP contribution is 2.71. The predicted molar refractivity (Wildman–Crippen MR) is 133 cm³/mol. The summed E-state index contributed by atoms with van der Waals surface area (Å²) in [5.74, 6) is 1.82. The highest BCUT2D eigenvalue weighted by molar-refractivity contribution is 6.74. The second-order valence-corrected chi connectivity index (χ2v) is 19.5. The lowest BCUT2D eigenvalue weighted by molar-refractivity contribution is -0.203. The first-order chi connectivity index (χ1) is 14.4. The fourth-order valence-electron chi connectivity index (χ4n) is 8.86. The van der Waals surface area contributed by atoms with Crippen LogP contribution in [0.25, 0.3) is 0 Å². The van der Waals surface area contributed by atoms with E-state index in [2.05, 4.69) is 68.5 Å². The van der Waals surface area contributed by atoms with Crippen molar-refractivity contribution in [3.05, 3.63) is 0 Å². The summed E-state index contributed by atoms with van der Waals surface area (Å²) in [4.78, 5) is 26.9. The van der Waals surface area contributed by atoms with Crippen LogP contribution in [0.3, 0.4) is 0 Å². The molecule has 4 rings (SSSR count). The number of hydrogen-bond donors (Lipinski definition) is 0. The minimum absolute atomic E-state index is 0.0221. The largest absolute Gasteiger partial charge is 0.413 e. The van der Waals surface area contributed by atoms with Gasteiger partial charge < -0.3 is 4.43 Å². The summed E-state index contributed by atoms with van der Waals surface area (Å²) < 4.78 is 7.03. The van der Waals surface area contributed by atoms with Gasteiger partial charge in [-0.15, -0.1) is 0 Å². The average Bonchev–Trinajstić information content (AvgIpc) is 2.95. The van der Waals surface area contributed by atoms with E-state index in [-0.39, 0.29) is 38.7 Å². The van der Waals surface area contributed by atoms with Crippen molar-refractivity contribution >= 4 is 19.9 Å². The van der Waals surface area contributed by atoms with Gasteiger partial charge in [-0.1, -0.05) is 55.4 Å². The molecule has 3 nitrogen and oxygen atoms in total. The first-order valence-electron chi connectivity index (χ1n) is 13.2. The molecule has 0 unspecified atom stereocenters. The van der Waals surface area contributed by atoms with Gasteiger partial charge in [0.15, 0.2) is 8.32 Å². The minimum Gasteiger partial charge on any atom is -0.413 e. The molecule has 4 fully saturated rings. The van der Waals surface area contributed by atoms with Crippen LogP contribution in [0.5, 0.6) is 0 Å². The Morgan fingerprint density at radius 3 is 2.06 bits per heavy atom. The van der Waals surface area contributed by atoms with Crippen LogP contribution in [0, 0.1) is 39.4 Å². The van der Waals surface area contributed by atoms with E-state index < -0.39 is 8.32 Å². The normalized spacial score (nSPS) is 46.4. The number of carbonyl (C=O) groups excluding carboxylic acids is 2.